The lowest BCUT2D eigenvalue weighted by atomic mass is 10.3. The lowest BCUT2D eigenvalue weighted by molar-refractivity contribution is -0.131. The minimum atomic E-state index is -0.655. The van der Waals surface area contributed by atoms with Crippen LogP contribution < -0.4 is 0 Å². The smallest absolute Gasteiger partial charge is 0.244 e. The van der Waals surface area contributed by atoms with Crippen molar-refractivity contribution in [3.63, 3.8) is 0 Å². The van der Waals surface area contributed by atoms with E-state index in [1.54, 1.807) is 18.0 Å². The number of nitrogens with zero attached hydrogens (tertiary/aromatic N) is 4. The highest BCUT2D eigenvalue weighted by Gasteiger charge is 2.12. The second-order valence-electron chi connectivity index (χ2n) is 3.58. The normalized spacial score (nSPS) is 12.5. The summed E-state index contributed by atoms with van der Waals surface area (Å²) in [5.41, 5.74) is 0.479. The molecular weight excluding hydrogens is 208 g/mol. The van der Waals surface area contributed by atoms with Gasteiger partial charge in [0.15, 0.2) is 0 Å². The molecule has 0 bridgehead atoms. The van der Waals surface area contributed by atoms with Crippen molar-refractivity contribution in [2.24, 2.45) is 0 Å². The Kier molecular flexibility index (Phi) is 4.42. The van der Waals surface area contributed by atoms with Crippen LogP contribution in [0, 0.1) is 0 Å². The molecule has 0 aromatic carbocycles. The Bertz CT molecular complexity index is 344. The van der Waals surface area contributed by atoms with Crippen LogP contribution in [0.4, 0.5) is 0 Å². The lowest BCUT2D eigenvalue weighted by Crippen LogP contribution is -2.33. The fourth-order valence-electron chi connectivity index (χ4n) is 1.40. The van der Waals surface area contributed by atoms with Gasteiger partial charge in [0.1, 0.15) is 12.2 Å². The summed E-state index contributed by atoms with van der Waals surface area (Å²) in [6, 6.07) is 0. The van der Waals surface area contributed by atoms with Gasteiger partial charge in [-0.15, -0.1) is 5.10 Å². The Morgan fingerprint density at radius 2 is 2.19 bits per heavy atom. The van der Waals surface area contributed by atoms with Gasteiger partial charge in [0.05, 0.1) is 12.3 Å². The maximum Gasteiger partial charge on any atom is 0.244 e. The molecule has 0 fully saturated rings. The molecule has 1 unspecified atom stereocenters. The van der Waals surface area contributed by atoms with Crippen LogP contribution >= 0.6 is 0 Å². The fourth-order valence-corrected chi connectivity index (χ4v) is 1.40. The van der Waals surface area contributed by atoms with Gasteiger partial charge in [0.25, 0.3) is 0 Å². The first-order chi connectivity index (χ1) is 7.58. The number of aliphatic hydroxyl groups is 1. The quantitative estimate of drug-likeness (QED) is 0.778. The molecule has 16 heavy (non-hydrogen) atoms. The standard InChI is InChI=1S/C10H18N4O2/c1-4-13(5-2)10(16)7-14-6-9(8(3)15)11-12-14/h6,8,15H,4-5,7H2,1-3H3. The molecule has 0 saturated carbocycles. The molecule has 0 aliphatic heterocycles. The predicted molar refractivity (Wildman–Crippen MR) is 58.6 cm³/mol. The zero-order chi connectivity index (χ0) is 12.1. The molecule has 1 heterocycles. The van der Waals surface area contributed by atoms with Gasteiger partial charge >= 0.3 is 0 Å². The van der Waals surface area contributed by atoms with Gasteiger partial charge in [-0.25, -0.2) is 4.68 Å². The van der Waals surface area contributed by atoms with Crippen LogP contribution in [-0.4, -0.2) is 44.0 Å². The highest BCUT2D eigenvalue weighted by atomic mass is 16.3. The summed E-state index contributed by atoms with van der Waals surface area (Å²) in [5.74, 6) is 0.00652. The molecule has 0 radical (unpaired) electrons. The number of aromatic nitrogens is 3. The third kappa shape index (κ3) is 3.03. The third-order valence-corrected chi connectivity index (χ3v) is 2.40. The number of hydrogen-bond acceptors (Lipinski definition) is 4. The van der Waals surface area contributed by atoms with Crippen molar-refractivity contribution in [2.75, 3.05) is 13.1 Å². The molecule has 0 saturated heterocycles. The second-order valence-corrected chi connectivity index (χ2v) is 3.58. The number of hydrogen-bond donors (Lipinski definition) is 1. The number of aliphatic hydroxyl groups excluding tert-OH is 1. The zero-order valence-electron chi connectivity index (χ0n) is 9.92. The van der Waals surface area contributed by atoms with E-state index in [2.05, 4.69) is 10.3 Å². The van der Waals surface area contributed by atoms with Crippen LogP contribution in [0.2, 0.25) is 0 Å². The van der Waals surface area contributed by atoms with E-state index in [1.165, 1.54) is 4.68 Å². The van der Waals surface area contributed by atoms with Gasteiger partial charge in [0, 0.05) is 13.1 Å². The Labute approximate surface area is 94.9 Å². The van der Waals surface area contributed by atoms with Gasteiger partial charge in [-0.2, -0.15) is 0 Å². The average Bonchev–Trinajstić information content (AvgIpc) is 2.68. The molecule has 0 spiro atoms. The molecule has 6 nitrogen and oxygen atoms in total. The summed E-state index contributed by atoms with van der Waals surface area (Å²) >= 11 is 0. The molecule has 1 aromatic rings. The highest BCUT2D eigenvalue weighted by molar-refractivity contribution is 5.75. The first-order valence-corrected chi connectivity index (χ1v) is 5.44. The summed E-state index contributed by atoms with van der Waals surface area (Å²) in [6.07, 6.45) is 0.934. The molecule has 0 aliphatic rings. The number of likely N-dealkylation sites (N-methyl/N-ethyl adjacent to an activating group) is 1. The van der Waals surface area contributed by atoms with Gasteiger partial charge in [-0.05, 0) is 20.8 Å². The average molecular weight is 226 g/mol. The number of amides is 1. The van der Waals surface area contributed by atoms with E-state index in [0.29, 0.717) is 18.8 Å². The van der Waals surface area contributed by atoms with Gasteiger partial charge < -0.3 is 10.0 Å². The third-order valence-electron chi connectivity index (χ3n) is 2.40. The minimum absolute atomic E-state index is 0.00652. The Morgan fingerprint density at radius 1 is 1.56 bits per heavy atom. The molecule has 1 N–H and O–H groups in total. The van der Waals surface area contributed by atoms with E-state index in [0.717, 1.165) is 0 Å². The van der Waals surface area contributed by atoms with E-state index in [1.807, 2.05) is 13.8 Å². The molecule has 1 amide bonds. The van der Waals surface area contributed by atoms with Crippen molar-refractivity contribution >= 4 is 5.91 Å². The Balaban J connectivity index is 2.62. The van der Waals surface area contributed by atoms with Crippen molar-refractivity contribution in [2.45, 2.75) is 33.4 Å². The fraction of sp³-hybridized carbons (Fsp3) is 0.700. The second kappa shape index (κ2) is 5.60. The molecule has 1 aromatic heterocycles. The van der Waals surface area contributed by atoms with Crippen LogP contribution in [0.15, 0.2) is 6.20 Å². The number of rotatable bonds is 5. The van der Waals surface area contributed by atoms with Gasteiger partial charge in [-0.3, -0.25) is 4.79 Å². The summed E-state index contributed by atoms with van der Waals surface area (Å²) in [4.78, 5) is 13.5. The lowest BCUT2D eigenvalue weighted by Gasteiger charge is -2.17. The van der Waals surface area contributed by atoms with Gasteiger partial charge in [0.2, 0.25) is 5.91 Å². The zero-order valence-corrected chi connectivity index (χ0v) is 9.92. The maximum absolute atomic E-state index is 11.7. The van der Waals surface area contributed by atoms with Crippen molar-refractivity contribution in [3.05, 3.63) is 11.9 Å². The summed E-state index contributed by atoms with van der Waals surface area (Å²) in [5, 5.41) is 16.8. The SMILES string of the molecule is CCN(CC)C(=O)Cn1cc(C(C)O)nn1. The first-order valence-electron chi connectivity index (χ1n) is 5.44. The number of carbonyl (C=O) groups is 1. The number of carbonyl (C=O) groups excluding carboxylic acids is 1. The highest BCUT2D eigenvalue weighted by Crippen LogP contribution is 2.06. The van der Waals surface area contributed by atoms with Crippen LogP contribution in [0.5, 0.6) is 0 Å². The van der Waals surface area contributed by atoms with Crippen molar-refractivity contribution < 1.29 is 9.90 Å². The molecule has 90 valence electrons. The summed E-state index contributed by atoms with van der Waals surface area (Å²) in [6.45, 7) is 7.02. The van der Waals surface area contributed by atoms with Crippen molar-refractivity contribution in [1.29, 1.82) is 0 Å². The topological polar surface area (TPSA) is 71.2 Å². The monoisotopic (exact) mass is 226 g/mol. The predicted octanol–water partition coefficient (Wildman–Crippen LogP) is 0.200. The van der Waals surface area contributed by atoms with E-state index >= 15 is 0 Å². The minimum Gasteiger partial charge on any atom is -0.387 e. The molecule has 1 atom stereocenters. The van der Waals surface area contributed by atoms with Crippen LogP contribution in [-0.2, 0) is 11.3 Å². The van der Waals surface area contributed by atoms with Crippen LogP contribution in [0.3, 0.4) is 0 Å². The molecular formula is C10H18N4O2. The Hall–Kier alpha value is -1.43. The molecule has 1 rings (SSSR count). The van der Waals surface area contributed by atoms with E-state index in [-0.39, 0.29) is 12.5 Å². The maximum atomic E-state index is 11.7. The largest absolute Gasteiger partial charge is 0.387 e. The van der Waals surface area contributed by atoms with Crippen LogP contribution in [0.25, 0.3) is 0 Å². The van der Waals surface area contributed by atoms with Gasteiger partial charge in [-0.1, -0.05) is 5.21 Å². The van der Waals surface area contributed by atoms with E-state index < -0.39 is 6.10 Å². The summed E-state index contributed by atoms with van der Waals surface area (Å²) < 4.78 is 1.45. The van der Waals surface area contributed by atoms with E-state index in [4.69, 9.17) is 0 Å². The van der Waals surface area contributed by atoms with Crippen molar-refractivity contribution in [3.8, 4) is 0 Å². The summed E-state index contributed by atoms with van der Waals surface area (Å²) in [7, 11) is 0. The molecule has 0 aliphatic carbocycles. The van der Waals surface area contributed by atoms with Crippen LogP contribution in [0.1, 0.15) is 32.6 Å². The first kappa shape index (κ1) is 12.6. The van der Waals surface area contributed by atoms with E-state index in [9.17, 15) is 9.90 Å². The Morgan fingerprint density at radius 3 is 2.62 bits per heavy atom. The van der Waals surface area contributed by atoms with Crippen molar-refractivity contribution in [1.82, 2.24) is 19.9 Å². The molecule has 6 heteroatoms.